The molecule has 18 heavy (non-hydrogen) atoms. The Morgan fingerprint density at radius 2 is 2.06 bits per heavy atom. The second-order valence-electron chi connectivity index (χ2n) is 6.58. The van der Waals surface area contributed by atoms with Gasteiger partial charge in [0.15, 0.2) is 0 Å². The summed E-state index contributed by atoms with van der Waals surface area (Å²) in [7, 11) is 0. The zero-order valence-electron chi connectivity index (χ0n) is 12.3. The number of thiazole rings is 1. The molecule has 1 atom stereocenters. The lowest BCUT2D eigenvalue weighted by Crippen LogP contribution is -2.42. The van der Waals surface area contributed by atoms with Gasteiger partial charge in [0.05, 0.1) is 11.2 Å². The third-order valence-corrected chi connectivity index (χ3v) is 4.63. The van der Waals surface area contributed by atoms with E-state index < -0.39 is 0 Å². The highest BCUT2D eigenvalue weighted by Crippen LogP contribution is 2.35. The first-order chi connectivity index (χ1) is 8.40. The van der Waals surface area contributed by atoms with Gasteiger partial charge in [-0.25, -0.2) is 4.98 Å². The molecule has 1 heterocycles. The van der Waals surface area contributed by atoms with Crippen molar-refractivity contribution in [3.05, 3.63) is 16.1 Å². The highest BCUT2D eigenvalue weighted by atomic mass is 32.1. The number of rotatable bonds is 6. The molecular weight excluding hydrogens is 240 g/mol. The molecule has 1 aromatic rings. The van der Waals surface area contributed by atoms with Gasteiger partial charge in [0.2, 0.25) is 0 Å². The number of nitrogens with one attached hydrogen (secondary N) is 1. The van der Waals surface area contributed by atoms with Gasteiger partial charge in [0, 0.05) is 11.4 Å². The van der Waals surface area contributed by atoms with Crippen molar-refractivity contribution in [3.63, 3.8) is 0 Å². The van der Waals surface area contributed by atoms with Crippen LogP contribution in [0.5, 0.6) is 0 Å². The van der Waals surface area contributed by atoms with Crippen LogP contribution in [0.3, 0.4) is 0 Å². The van der Waals surface area contributed by atoms with Gasteiger partial charge in [0.1, 0.15) is 5.01 Å². The quantitative estimate of drug-likeness (QED) is 0.831. The van der Waals surface area contributed by atoms with Crippen LogP contribution in [0.2, 0.25) is 0 Å². The summed E-state index contributed by atoms with van der Waals surface area (Å²) in [6.45, 7) is 11.3. The Balaban J connectivity index is 2.19. The number of hydrogen-bond donors (Lipinski definition) is 1. The molecule has 1 N–H and O–H groups in total. The molecule has 102 valence electrons. The normalized spacial score (nSPS) is 19.5. The molecule has 0 radical (unpaired) electrons. The SMILES string of the molecule is CC(C)CC(C)(NC1CC1)c1nc(C(C)C)cs1. The predicted molar refractivity (Wildman–Crippen MR) is 79.2 cm³/mol. The summed E-state index contributed by atoms with van der Waals surface area (Å²) in [5.74, 6) is 1.21. The van der Waals surface area contributed by atoms with E-state index in [0.717, 1.165) is 12.5 Å². The van der Waals surface area contributed by atoms with E-state index in [1.807, 2.05) is 11.3 Å². The lowest BCUT2D eigenvalue weighted by molar-refractivity contribution is 0.293. The van der Waals surface area contributed by atoms with Crippen LogP contribution in [0.1, 0.15) is 70.5 Å². The van der Waals surface area contributed by atoms with Crippen LogP contribution < -0.4 is 5.32 Å². The molecule has 1 aromatic heterocycles. The highest BCUT2D eigenvalue weighted by molar-refractivity contribution is 7.09. The van der Waals surface area contributed by atoms with Gasteiger partial charge < -0.3 is 5.32 Å². The fourth-order valence-electron chi connectivity index (χ4n) is 2.51. The van der Waals surface area contributed by atoms with Crippen LogP contribution in [0, 0.1) is 5.92 Å². The second-order valence-corrected chi connectivity index (χ2v) is 7.44. The van der Waals surface area contributed by atoms with Gasteiger partial charge in [-0.15, -0.1) is 11.3 Å². The van der Waals surface area contributed by atoms with E-state index >= 15 is 0 Å². The van der Waals surface area contributed by atoms with Gasteiger partial charge >= 0.3 is 0 Å². The Morgan fingerprint density at radius 1 is 1.39 bits per heavy atom. The molecule has 1 saturated carbocycles. The molecule has 0 aliphatic heterocycles. The third kappa shape index (κ3) is 3.33. The van der Waals surface area contributed by atoms with E-state index in [1.54, 1.807) is 0 Å². The average Bonchev–Trinajstić information content (AvgIpc) is 2.91. The first-order valence-corrected chi connectivity index (χ1v) is 8.02. The highest BCUT2D eigenvalue weighted by Gasteiger charge is 2.36. The standard InChI is InChI=1S/C15H26N2S/c1-10(2)8-15(5,17-12-6-7-12)14-16-13(9-18-14)11(3)4/h9-12,17H,6-8H2,1-5H3. The summed E-state index contributed by atoms with van der Waals surface area (Å²) in [5, 5.41) is 7.31. The molecule has 0 amide bonds. The topological polar surface area (TPSA) is 24.9 Å². The lowest BCUT2D eigenvalue weighted by atomic mass is 9.91. The third-order valence-electron chi connectivity index (χ3n) is 3.50. The fourth-order valence-corrected chi connectivity index (χ4v) is 3.63. The molecule has 1 aliphatic rings. The van der Waals surface area contributed by atoms with E-state index in [2.05, 4.69) is 45.3 Å². The van der Waals surface area contributed by atoms with Crippen molar-refractivity contribution in [2.75, 3.05) is 0 Å². The van der Waals surface area contributed by atoms with Gasteiger partial charge in [-0.2, -0.15) is 0 Å². The minimum absolute atomic E-state index is 0.0626. The predicted octanol–water partition coefficient (Wildman–Crippen LogP) is 4.28. The zero-order chi connectivity index (χ0) is 13.3. The second kappa shape index (κ2) is 5.30. The fraction of sp³-hybridized carbons (Fsp3) is 0.800. The first-order valence-electron chi connectivity index (χ1n) is 7.14. The number of nitrogens with zero attached hydrogens (tertiary/aromatic N) is 1. The molecule has 2 rings (SSSR count). The van der Waals surface area contributed by atoms with Crippen LogP contribution in [-0.4, -0.2) is 11.0 Å². The van der Waals surface area contributed by atoms with Crippen LogP contribution in [0.15, 0.2) is 5.38 Å². The van der Waals surface area contributed by atoms with E-state index in [9.17, 15) is 0 Å². The molecule has 3 heteroatoms. The Labute approximate surface area is 115 Å². The van der Waals surface area contributed by atoms with E-state index in [0.29, 0.717) is 11.8 Å². The van der Waals surface area contributed by atoms with E-state index in [1.165, 1.54) is 23.5 Å². The first kappa shape index (κ1) is 14.0. The maximum Gasteiger partial charge on any atom is 0.113 e. The van der Waals surface area contributed by atoms with Crippen molar-refractivity contribution in [1.29, 1.82) is 0 Å². The molecule has 1 fully saturated rings. The maximum absolute atomic E-state index is 4.87. The molecule has 1 aliphatic carbocycles. The molecular formula is C15H26N2S. The number of hydrogen-bond acceptors (Lipinski definition) is 3. The van der Waals surface area contributed by atoms with Crippen molar-refractivity contribution in [3.8, 4) is 0 Å². The average molecular weight is 266 g/mol. The minimum Gasteiger partial charge on any atom is -0.303 e. The summed E-state index contributed by atoms with van der Waals surface area (Å²) in [5.41, 5.74) is 1.30. The molecule has 0 spiro atoms. The molecule has 0 aromatic carbocycles. The van der Waals surface area contributed by atoms with Gasteiger partial charge in [-0.3, -0.25) is 0 Å². The largest absolute Gasteiger partial charge is 0.303 e. The van der Waals surface area contributed by atoms with Crippen molar-refractivity contribution in [2.45, 2.75) is 71.4 Å². The van der Waals surface area contributed by atoms with Crippen molar-refractivity contribution in [1.82, 2.24) is 10.3 Å². The summed E-state index contributed by atoms with van der Waals surface area (Å²) < 4.78 is 0. The Morgan fingerprint density at radius 3 is 2.50 bits per heavy atom. The van der Waals surface area contributed by atoms with Crippen LogP contribution in [0.25, 0.3) is 0 Å². The Hall–Kier alpha value is -0.410. The Kier molecular flexibility index (Phi) is 4.12. The zero-order valence-corrected chi connectivity index (χ0v) is 13.1. The summed E-state index contributed by atoms with van der Waals surface area (Å²) >= 11 is 1.82. The molecule has 1 unspecified atom stereocenters. The van der Waals surface area contributed by atoms with Crippen LogP contribution >= 0.6 is 11.3 Å². The van der Waals surface area contributed by atoms with Crippen LogP contribution in [0.4, 0.5) is 0 Å². The Bertz CT molecular complexity index is 387. The van der Waals surface area contributed by atoms with Crippen molar-refractivity contribution >= 4 is 11.3 Å². The molecule has 0 bridgehead atoms. The summed E-state index contributed by atoms with van der Waals surface area (Å²) in [6.07, 6.45) is 3.82. The molecule has 0 saturated heterocycles. The van der Waals surface area contributed by atoms with E-state index in [-0.39, 0.29) is 5.54 Å². The molecule has 2 nitrogen and oxygen atoms in total. The van der Waals surface area contributed by atoms with Gasteiger partial charge in [-0.05, 0) is 38.0 Å². The smallest absolute Gasteiger partial charge is 0.113 e. The minimum atomic E-state index is 0.0626. The lowest BCUT2D eigenvalue weighted by Gasteiger charge is -2.31. The summed E-state index contributed by atoms with van der Waals surface area (Å²) in [6, 6.07) is 0.722. The summed E-state index contributed by atoms with van der Waals surface area (Å²) in [4.78, 5) is 4.87. The van der Waals surface area contributed by atoms with Crippen molar-refractivity contribution in [2.24, 2.45) is 5.92 Å². The van der Waals surface area contributed by atoms with Gasteiger partial charge in [-0.1, -0.05) is 27.7 Å². The van der Waals surface area contributed by atoms with Crippen molar-refractivity contribution < 1.29 is 0 Å². The monoisotopic (exact) mass is 266 g/mol. The number of aromatic nitrogens is 1. The van der Waals surface area contributed by atoms with E-state index in [4.69, 9.17) is 4.98 Å². The van der Waals surface area contributed by atoms with Crippen LogP contribution in [-0.2, 0) is 5.54 Å². The van der Waals surface area contributed by atoms with Gasteiger partial charge in [0.25, 0.3) is 0 Å². The maximum atomic E-state index is 4.87.